The smallest absolute Gasteiger partial charge is 0.213 e. The maximum atomic E-state index is 5.58. The molecule has 0 aliphatic rings. The lowest BCUT2D eigenvalue weighted by Crippen LogP contribution is -2.04. The van der Waals surface area contributed by atoms with E-state index in [4.69, 9.17) is 10.5 Å². The van der Waals surface area contributed by atoms with Crippen molar-refractivity contribution in [2.45, 2.75) is 46.1 Å². The third kappa shape index (κ3) is 4.19. The van der Waals surface area contributed by atoms with E-state index in [0.717, 1.165) is 24.3 Å². The predicted molar refractivity (Wildman–Crippen MR) is 66.5 cm³/mol. The topological polar surface area (TPSA) is 48.1 Å². The Labute approximate surface area is 98.0 Å². The zero-order valence-electron chi connectivity index (χ0n) is 10.3. The maximum Gasteiger partial charge on any atom is 0.213 e. The highest BCUT2D eigenvalue weighted by atomic mass is 16.5. The number of hydrogen-bond donors (Lipinski definition) is 1. The molecule has 0 unspecified atom stereocenters. The van der Waals surface area contributed by atoms with Gasteiger partial charge in [-0.1, -0.05) is 32.3 Å². The first-order chi connectivity index (χ1) is 7.77. The van der Waals surface area contributed by atoms with Gasteiger partial charge in [-0.2, -0.15) is 0 Å². The van der Waals surface area contributed by atoms with E-state index < -0.39 is 0 Å². The van der Waals surface area contributed by atoms with E-state index in [1.165, 1.54) is 19.3 Å². The van der Waals surface area contributed by atoms with Gasteiger partial charge in [0.15, 0.2) is 0 Å². The summed E-state index contributed by atoms with van der Waals surface area (Å²) in [5, 5.41) is 0. The minimum absolute atomic E-state index is 0.537. The molecule has 16 heavy (non-hydrogen) atoms. The zero-order valence-corrected chi connectivity index (χ0v) is 10.3. The molecule has 0 amide bonds. The lowest BCUT2D eigenvalue weighted by Gasteiger charge is -2.07. The molecular formula is C13H22N2O. The Morgan fingerprint density at radius 1 is 1.25 bits per heavy atom. The van der Waals surface area contributed by atoms with Crippen molar-refractivity contribution in [1.29, 1.82) is 0 Å². The van der Waals surface area contributed by atoms with Crippen molar-refractivity contribution in [3.63, 3.8) is 0 Å². The number of aryl methyl sites for hydroxylation is 1. The van der Waals surface area contributed by atoms with Crippen molar-refractivity contribution >= 4 is 0 Å². The monoisotopic (exact) mass is 222 g/mol. The average Bonchev–Trinajstić information content (AvgIpc) is 2.29. The summed E-state index contributed by atoms with van der Waals surface area (Å²) in [6.07, 6.45) is 4.87. The normalized spacial score (nSPS) is 10.4. The van der Waals surface area contributed by atoms with Crippen molar-refractivity contribution in [2.24, 2.45) is 5.73 Å². The molecular weight excluding hydrogens is 200 g/mol. The molecule has 0 fully saturated rings. The third-order valence-electron chi connectivity index (χ3n) is 2.64. The summed E-state index contributed by atoms with van der Waals surface area (Å²) in [4.78, 5) is 4.36. The van der Waals surface area contributed by atoms with E-state index >= 15 is 0 Å². The van der Waals surface area contributed by atoms with Crippen LogP contribution >= 0.6 is 0 Å². The van der Waals surface area contributed by atoms with Gasteiger partial charge in [-0.15, -0.1) is 0 Å². The van der Waals surface area contributed by atoms with Gasteiger partial charge in [0.05, 0.1) is 6.61 Å². The fraction of sp³-hybridized carbons (Fsp3) is 0.615. The summed E-state index contributed by atoms with van der Waals surface area (Å²) < 4.78 is 5.58. The minimum atomic E-state index is 0.537. The van der Waals surface area contributed by atoms with Gasteiger partial charge in [0.25, 0.3) is 0 Å². The molecule has 1 aromatic heterocycles. The first kappa shape index (κ1) is 13.0. The van der Waals surface area contributed by atoms with Crippen molar-refractivity contribution in [2.75, 3.05) is 6.61 Å². The van der Waals surface area contributed by atoms with Crippen LogP contribution in [-0.2, 0) is 6.54 Å². The molecule has 0 bridgehead atoms. The van der Waals surface area contributed by atoms with E-state index in [0.29, 0.717) is 12.4 Å². The number of pyridine rings is 1. The number of unbranched alkanes of at least 4 members (excludes halogenated alkanes) is 3. The van der Waals surface area contributed by atoms with Crippen molar-refractivity contribution in [3.8, 4) is 5.88 Å². The largest absolute Gasteiger partial charge is 0.478 e. The van der Waals surface area contributed by atoms with Crippen molar-refractivity contribution < 1.29 is 4.74 Å². The molecule has 0 aliphatic heterocycles. The van der Waals surface area contributed by atoms with Crippen LogP contribution in [0.5, 0.6) is 5.88 Å². The van der Waals surface area contributed by atoms with Gasteiger partial charge < -0.3 is 10.5 Å². The molecule has 0 saturated carbocycles. The number of nitrogens with zero attached hydrogens (tertiary/aromatic N) is 1. The molecule has 90 valence electrons. The van der Waals surface area contributed by atoms with Crippen molar-refractivity contribution in [3.05, 3.63) is 23.4 Å². The zero-order chi connectivity index (χ0) is 11.8. The first-order valence-electron chi connectivity index (χ1n) is 6.07. The number of ether oxygens (including phenoxy) is 1. The summed E-state index contributed by atoms with van der Waals surface area (Å²) in [7, 11) is 0. The molecule has 1 heterocycles. The molecule has 0 aromatic carbocycles. The number of aromatic nitrogens is 1. The molecule has 1 rings (SSSR count). The molecule has 0 atom stereocenters. The van der Waals surface area contributed by atoms with Gasteiger partial charge in [0.1, 0.15) is 0 Å². The molecule has 0 aliphatic carbocycles. The molecule has 3 nitrogen and oxygen atoms in total. The Kier molecular flexibility index (Phi) is 5.86. The van der Waals surface area contributed by atoms with Crippen LogP contribution in [0, 0.1) is 6.92 Å². The number of rotatable bonds is 7. The molecule has 0 radical (unpaired) electrons. The molecule has 1 aromatic rings. The predicted octanol–water partition coefficient (Wildman–Crippen LogP) is 2.81. The van der Waals surface area contributed by atoms with Crippen molar-refractivity contribution in [1.82, 2.24) is 4.98 Å². The average molecular weight is 222 g/mol. The molecule has 0 saturated heterocycles. The summed E-state index contributed by atoms with van der Waals surface area (Å²) in [6.45, 7) is 5.47. The standard InChI is InChI=1S/C13H22N2O/c1-3-4-5-6-9-16-13-8-7-12(10-14)11(2)15-13/h7-8H,3-6,9-10,14H2,1-2H3. The van der Waals surface area contributed by atoms with Crippen LogP contribution in [0.25, 0.3) is 0 Å². The van der Waals surface area contributed by atoms with E-state index in [2.05, 4.69) is 11.9 Å². The van der Waals surface area contributed by atoms with Crippen LogP contribution in [0.1, 0.15) is 43.9 Å². The lowest BCUT2D eigenvalue weighted by molar-refractivity contribution is 0.293. The SMILES string of the molecule is CCCCCCOc1ccc(CN)c(C)n1. The van der Waals surface area contributed by atoms with Gasteiger partial charge in [-0.25, -0.2) is 4.98 Å². The molecule has 3 heteroatoms. The van der Waals surface area contributed by atoms with E-state index in [-0.39, 0.29) is 0 Å². The Bertz CT molecular complexity index is 313. The van der Waals surface area contributed by atoms with Crippen LogP contribution in [0.15, 0.2) is 12.1 Å². The number of nitrogens with two attached hydrogens (primary N) is 1. The van der Waals surface area contributed by atoms with Gasteiger partial charge in [0.2, 0.25) is 5.88 Å². The maximum absolute atomic E-state index is 5.58. The Morgan fingerprint density at radius 3 is 2.69 bits per heavy atom. The van der Waals surface area contributed by atoms with Gasteiger partial charge in [-0.05, 0) is 18.9 Å². The van der Waals surface area contributed by atoms with E-state index in [9.17, 15) is 0 Å². The lowest BCUT2D eigenvalue weighted by atomic mass is 10.2. The molecule has 0 spiro atoms. The first-order valence-corrected chi connectivity index (χ1v) is 6.07. The van der Waals surface area contributed by atoms with Crippen LogP contribution in [0.3, 0.4) is 0 Å². The Balaban J connectivity index is 2.34. The summed E-state index contributed by atoms with van der Waals surface area (Å²) >= 11 is 0. The highest BCUT2D eigenvalue weighted by molar-refractivity contribution is 5.24. The third-order valence-corrected chi connectivity index (χ3v) is 2.64. The highest BCUT2D eigenvalue weighted by Gasteiger charge is 2.00. The van der Waals surface area contributed by atoms with Gasteiger partial charge in [-0.3, -0.25) is 0 Å². The summed E-state index contributed by atoms with van der Waals surface area (Å²) in [5.41, 5.74) is 7.62. The second-order valence-corrected chi connectivity index (χ2v) is 4.01. The van der Waals surface area contributed by atoms with Crippen LogP contribution in [0.2, 0.25) is 0 Å². The fourth-order valence-electron chi connectivity index (χ4n) is 1.57. The van der Waals surface area contributed by atoms with Crippen LogP contribution in [0.4, 0.5) is 0 Å². The van der Waals surface area contributed by atoms with Crippen LogP contribution in [-0.4, -0.2) is 11.6 Å². The van der Waals surface area contributed by atoms with E-state index in [1.54, 1.807) is 0 Å². The fourth-order valence-corrected chi connectivity index (χ4v) is 1.57. The number of hydrogen-bond acceptors (Lipinski definition) is 3. The summed E-state index contributed by atoms with van der Waals surface area (Å²) in [6, 6.07) is 3.89. The second kappa shape index (κ2) is 7.23. The Morgan fingerprint density at radius 2 is 2.06 bits per heavy atom. The molecule has 2 N–H and O–H groups in total. The van der Waals surface area contributed by atoms with Crippen LogP contribution < -0.4 is 10.5 Å². The van der Waals surface area contributed by atoms with Gasteiger partial charge >= 0.3 is 0 Å². The highest BCUT2D eigenvalue weighted by Crippen LogP contribution is 2.12. The van der Waals surface area contributed by atoms with Gasteiger partial charge in [0, 0.05) is 18.3 Å². The minimum Gasteiger partial charge on any atom is -0.478 e. The quantitative estimate of drug-likeness (QED) is 0.722. The summed E-state index contributed by atoms with van der Waals surface area (Å²) in [5.74, 6) is 0.714. The van der Waals surface area contributed by atoms with E-state index in [1.807, 2.05) is 19.1 Å². The Hall–Kier alpha value is -1.09. The second-order valence-electron chi connectivity index (χ2n) is 4.01.